The molecule has 2 heterocycles. The van der Waals surface area contributed by atoms with Crippen LogP contribution in [0.4, 0.5) is 0 Å². The van der Waals surface area contributed by atoms with Gasteiger partial charge in [0.05, 0.1) is 53.5 Å². The van der Waals surface area contributed by atoms with E-state index in [9.17, 15) is 28.8 Å². The molecule has 0 bridgehead atoms. The van der Waals surface area contributed by atoms with Gasteiger partial charge in [-0.05, 0) is 38.0 Å². The molecular formula is C42H76Lu2N16O13. The molecule has 432 valence electrons. The van der Waals surface area contributed by atoms with Crippen LogP contribution in [0.15, 0.2) is 10.2 Å². The van der Waals surface area contributed by atoms with E-state index in [4.69, 9.17) is 44.8 Å². The molecule has 73 heavy (non-hydrogen) atoms. The van der Waals surface area contributed by atoms with Crippen molar-refractivity contribution in [2.45, 2.75) is 26.2 Å². The molecule has 2 aliphatic heterocycles. The van der Waals surface area contributed by atoms with Gasteiger partial charge < -0.3 is 35.0 Å². The molecule has 0 spiro atoms. The van der Waals surface area contributed by atoms with Gasteiger partial charge in [0.15, 0.2) is 0 Å². The quantitative estimate of drug-likeness (QED) is 0.0353. The second-order valence-electron chi connectivity index (χ2n) is 16.2. The minimum absolute atomic E-state index is 0. The predicted octanol–water partition coefficient (Wildman–Crippen LogP) is -2.45. The molecule has 2 radical (unpaired) electrons. The molecule has 2 aliphatic rings. The van der Waals surface area contributed by atoms with Gasteiger partial charge in [-0.15, -0.1) is 0 Å². The van der Waals surface area contributed by atoms with Crippen molar-refractivity contribution in [2.75, 3.05) is 198 Å². The van der Waals surface area contributed by atoms with E-state index in [0.717, 1.165) is 32.7 Å². The van der Waals surface area contributed by atoms with Crippen molar-refractivity contribution in [1.82, 2.24) is 49.8 Å². The monoisotopic (exact) mass is 1360 g/mol. The van der Waals surface area contributed by atoms with E-state index in [1.165, 1.54) is 14.2 Å². The van der Waals surface area contributed by atoms with E-state index in [1.54, 1.807) is 0 Å². The molecule has 29 nitrogen and oxygen atoms in total. The number of Topliss-reactive ketones (excluding diaryl/α,β-unsaturated/α-hetero) is 1. The number of esters is 2. The van der Waals surface area contributed by atoms with Crippen LogP contribution in [0.1, 0.15) is 26.2 Å². The van der Waals surface area contributed by atoms with Crippen molar-refractivity contribution in [3.05, 3.63) is 20.9 Å². The molecule has 0 aromatic carbocycles. The fourth-order valence-corrected chi connectivity index (χ4v) is 6.63. The summed E-state index contributed by atoms with van der Waals surface area (Å²) in [7, 11) is 6.82. The van der Waals surface area contributed by atoms with E-state index in [-0.39, 0.29) is 148 Å². The van der Waals surface area contributed by atoms with Crippen LogP contribution < -0.4 is 10.6 Å². The summed E-state index contributed by atoms with van der Waals surface area (Å²) in [4.78, 5) is 126. The van der Waals surface area contributed by atoms with E-state index < -0.39 is 5.97 Å². The molecule has 3 N–H and O–H groups in total. The molecule has 0 atom stereocenters. The van der Waals surface area contributed by atoms with Crippen molar-refractivity contribution < 1.29 is 136 Å². The van der Waals surface area contributed by atoms with Crippen molar-refractivity contribution in [3.63, 3.8) is 0 Å². The van der Waals surface area contributed by atoms with Crippen molar-refractivity contribution >= 4 is 47.8 Å². The Bertz CT molecular complexity index is 1680. The minimum atomic E-state index is -0.834. The van der Waals surface area contributed by atoms with Gasteiger partial charge in [-0.3, -0.25) is 58.2 Å². The molecule has 2 rings (SSSR count). The van der Waals surface area contributed by atoms with Crippen molar-refractivity contribution in [3.8, 4) is 0 Å². The van der Waals surface area contributed by atoms with Crippen LogP contribution >= 0.6 is 0 Å². The van der Waals surface area contributed by atoms with E-state index in [2.05, 4.69) is 59.5 Å². The van der Waals surface area contributed by atoms with Gasteiger partial charge in [-0.25, -0.2) is 0 Å². The van der Waals surface area contributed by atoms with Crippen LogP contribution in [0.25, 0.3) is 20.9 Å². The number of hydrogen-bond acceptors (Lipinski definition) is 22. The van der Waals surface area contributed by atoms with Crippen LogP contribution in [-0.4, -0.2) is 291 Å². The van der Waals surface area contributed by atoms with Crippen LogP contribution in [0, 0.1) is 73.7 Å². The summed E-state index contributed by atoms with van der Waals surface area (Å²) in [6.45, 7) is 14.8. The summed E-state index contributed by atoms with van der Waals surface area (Å²) in [5.74, 6) is -1.63. The fourth-order valence-electron chi connectivity index (χ4n) is 6.63. The number of carboxylic acids is 1. The van der Waals surface area contributed by atoms with Gasteiger partial charge in [-0.2, -0.15) is 19.2 Å². The first-order valence-electron chi connectivity index (χ1n) is 23.2. The van der Waals surface area contributed by atoms with Crippen molar-refractivity contribution in [1.29, 1.82) is 0 Å². The third kappa shape index (κ3) is 46.8. The maximum absolute atomic E-state index is 12.5. The van der Waals surface area contributed by atoms with Gasteiger partial charge in [0.1, 0.15) is 5.78 Å². The first kappa shape index (κ1) is 76.1. The van der Waals surface area contributed by atoms with Crippen molar-refractivity contribution in [2.24, 2.45) is 10.2 Å². The van der Waals surface area contributed by atoms with E-state index in [0.29, 0.717) is 124 Å². The summed E-state index contributed by atoms with van der Waals surface area (Å²) < 4.78 is 9.71. The number of azide groups is 2. The summed E-state index contributed by atoms with van der Waals surface area (Å²) in [5, 5.41) is 21.7. The number of carbonyl (C=O) groups is 6. The van der Waals surface area contributed by atoms with E-state index >= 15 is 0 Å². The number of carboxylic acid groups (broad SMARTS) is 1. The fraction of sp³-hybridized carbons (Fsp3) is 0.810. The summed E-state index contributed by atoms with van der Waals surface area (Å²) in [6, 6.07) is 0. The topological polar surface area (TPSA) is 357 Å². The number of amides is 2. The van der Waals surface area contributed by atoms with Crippen LogP contribution in [0.5, 0.6) is 0 Å². The molecule has 0 unspecified atom stereocenters. The Hall–Kier alpha value is -3.45. The molecule has 0 saturated carbocycles. The average molecular weight is 1360 g/mol. The van der Waals surface area contributed by atoms with E-state index in [1.807, 2.05) is 31.4 Å². The number of nitrogens with zero attached hydrogens (tertiary/aromatic N) is 14. The molecule has 0 aromatic rings. The molecule has 2 fully saturated rings. The Morgan fingerprint density at radius 1 is 0.521 bits per heavy atom. The second-order valence-corrected chi connectivity index (χ2v) is 16.2. The Kier molecular flexibility index (Phi) is 54.2. The summed E-state index contributed by atoms with van der Waals surface area (Å²) in [6.07, 6.45) is 2.10. The van der Waals surface area contributed by atoms with Crippen LogP contribution in [0.2, 0.25) is 0 Å². The maximum Gasteiger partial charge on any atom is 0.373 e. The first-order valence-corrected chi connectivity index (χ1v) is 23.2. The Balaban J connectivity index is -0.000000589. The van der Waals surface area contributed by atoms with Crippen LogP contribution in [0.3, 0.4) is 0 Å². The molecule has 2 saturated heterocycles. The van der Waals surface area contributed by atoms with Gasteiger partial charge >= 0.3 is 30.2 Å². The number of hydrogen-bond donors (Lipinski definition) is 3. The number of methoxy groups -OCH3 is 2. The smallest absolute Gasteiger partial charge is 0.373 e. The summed E-state index contributed by atoms with van der Waals surface area (Å²) in [5.41, 5.74) is 16.6. The van der Waals surface area contributed by atoms with Crippen LogP contribution in [-0.2, 0) is 57.4 Å². The third-order valence-corrected chi connectivity index (χ3v) is 10.8. The molecule has 31 heteroatoms. The zero-order valence-electron chi connectivity index (χ0n) is 42.6. The number of likely N-dealkylation sites (N-methyl/N-ethyl adjacent to an activating group) is 2. The number of rotatable bonds is 21. The maximum atomic E-state index is 12.5. The predicted molar refractivity (Wildman–Crippen MR) is 254 cm³/mol. The summed E-state index contributed by atoms with van der Waals surface area (Å²) >= 11 is 0. The Labute approximate surface area is 485 Å². The zero-order valence-corrected chi connectivity index (χ0v) is 45.9. The SMILES string of the molecule is CCC(=O)CN1CCN(CC(=O)OC)CCN(CC(=O)NCCCN=[N+]=[N-])CCN(CC(=O)OC)CC1.CN1CCN(C)CCN(CC(=O)NCCCN=[N+]=[N-])CCN(CC(=O)O)CC1.O=C=O.O=C=O.[Lu].[Lu]. The van der Waals surface area contributed by atoms with Gasteiger partial charge in [-0.1, -0.05) is 17.2 Å². The average Bonchev–Trinajstić information content (AvgIpc) is 3.33. The van der Waals surface area contributed by atoms with Gasteiger partial charge in [0.25, 0.3) is 0 Å². The molecular weight excluding hydrogens is 1290 g/mol. The number of carbonyl (C=O) groups excluding carboxylic acids is 9. The Morgan fingerprint density at radius 2 is 0.795 bits per heavy atom. The normalized spacial score (nSPS) is 16.2. The largest absolute Gasteiger partial charge is 0.480 e. The Morgan fingerprint density at radius 3 is 1.08 bits per heavy atom. The molecule has 0 aliphatic carbocycles. The first-order chi connectivity index (χ1) is 34.0. The standard InChI is InChI=1S/C23H42N8O6.C17H34N8O3.2CO2.2Lu/c1-4-20(32)16-28-8-12-30(18-22(34)36-2)14-10-29(17-21(33)25-6-5-7-26-27-24)11-15-31(13-9-28)19-23(35)37-3;1-22-6-7-23(2)9-11-25(15-17(27)28)13-12-24(10-8-22)14-16(26)19-4-3-5-20-21-18;2*2-1-3;;/h4-19H2,1-3H3,(H,25,33);3-15H2,1-2H3,(H,19,26)(H,27,28);;;;. The minimum Gasteiger partial charge on any atom is -0.480 e. The van der Waals surface area contributed by atoms with Gasteiger partial charge in [0, 0.05) is 221 Å². The number of ketones is 1. The second kappa shape index (κ2) is 52.0. The van der Waals surface area contributed by atoms with Gasteiger partial charge in [0.2, 0.25) is 11.8 Å². The molecule has 2 amide bonds. The number of aliphatic carboxylic acids is 1. The zero-order chi connectivity index (χ0) is 53.7. The molecule has 0 aromatic heterocycles. The third-order valence-electron chi connectivity index (χ3n) is 10.8. The number of nitrogens with one attached hydrogen (secondary N) is 2. The number of ether oxygens (including phenoxy) is 2.